The van der Waals surface area contributed by atoms with Gasteiger partial charge in [-0.25, -0.2) is 34.7 Å². The molecular weight excluding hydrogens is 1210 g/mol. The molecule has 4 aliphatic rings. The Morgan fingerprint density at radius 2 is 0.907 bits per heavy atom. The lowest BCUT2D eigenvalue weighted by molar-refractivity contribution is -0.367. The van der Waals surface area contributed by atoms with Crippen molar-refractivity contribution in [2.45, 2.75) is 123 Å². The van der Waals surface area contributed by atoms with Crippen LogP contribution in [-0.4, -0.2) is 265 Å². The fourth-order valence-electron chi connectivity index (χ4n) is 7.14. The van der Waals surface area contributed by atoms with Gasteiger partial charge in [0.15, 0.2) is 49.6 Å². The Bertz CT molecular complexity index is 2830. The number of nitrogens with one attached hydrogen (secondary N) is 1. The molecule has 4 rings (SSSR count). The van der Waals surface area contributed by atoms with Crippen LogP contribution in [0.1, 0.15) is 6.42 Å². The van der Waals surface area contributed by atoms with Crippen LogP contribution in [0.3, 0.4) is 0 Å². The molecule has 0 unspecified atom stereocenters. The summed E-state index contributed by atoms with van der Waals surface area (Å²) in [7, 11) is -41.0. The van der Waals surface area contributed by atoms with Crippen LogP contribution in [0, 0.1) is 0 Å². The number of carbonyl (C=O) groups is 2. The number of aliphatic carboxylic acids is 2. The average Bonchev–Trinajstić information content (AvgIpc) is 3.20. The second kappa shape index (κ2) is 24.5. The van der Waals surface area contributed by atoms with Gasteiger partial charge in [-0.15, -0.1) is 0 Å². The molecule has 0 bridgehead atoms. The van der Waals surface area contributed by atoms with Gasteiger partial charge in [0.25, 0.3) is 0 Å². The van der Waals surface area contributed by atoms with E-state index >= 15 is 0 Å². The Hall–Kier alpha value is -2.41. The monoisotopic (exact) mass is 1250 g/mol. The van der Waals surface area contributed by atoms with E-state index in [1.54, 1.807) is 0 Å². The molecule has 13 N–H and O–H groups in total. The first-order chi connectivity index (χ1) is 33.9. The standard InChI is InChI=1S/C25H41NO42S7/c1-55-24-19(68-75(52,53)54)17(67-74(49,50)51)13(8(60-24)4-57-71(40,41)42)62-25-16(66-73(46,47)48)11(29)15(18(64-25)21(32)33)63-22-9(26-69(34,35)36)14(65-72(43,44)45)12(7(59-22)3-56-70(37,38)39)61-23-10(28)5(27)2-6(58-23)20(30)31/h5-19,22-29H,2-4H2,1H3,(H,30,31)(H,32,33)(H,34,35,36)(H,37,38,39)(H,40,41,42)(H,43,44,45)(H,46,47,48)(H,49,50,51)(H,52,53,54)/t5-,6-,7+,8+,9+,10+,11-,12+,13+,14+,15-,16+,17-,18+,19+,22+,23+,24-,25-/m0/s1. The summed E-state index contributed by atoms with van der Waals surface area (Å²) in [5.41, 5.74) is 0. The van der Waals surface area contributed by atoms with Crippen LogP contribution in [0.4, 0.5) is 0 Å². The van der Waals surface area contributed by atoms with Crippen molar-refractivity contribution in [3.05, 3.63) is 0 Å². The van der Waals surface area contributed by atoms with Gasteiger partial charge in [0.2, 0.25) is 0 Å². The summed E-state index contributed by atoms with van der Waals surface area (Å²) >= 11 is 0. The van der Waals surface area contributed by atoms with Crippen LogP contribution in [0.25, 0.3) is 0 Å². The van der Waals surface area contributed by atoms with E-state index in [4.69, 9.17) is 37.9 Å². The van der Waals surface area contributed by atoms with Crippen LogP contribution in [0.2, 0.25) is 0 Å². The summed E-state index contributed by atoms with van der Waals surface area (Å²) in [4.78, 5) is 24.6. The number of rotatable bonds is 25. The van der Waals surface area contributed by atoms with Gasteiger partial charge in [0, 0.05) is 13.5 Å². The van der Waals surface area contributed by atoms with Crippen molar-refractivity contribution < 1.29 is 189 Å². The minimum absolute atomic E-state index is 0.614. The average molecular weight is 1250 g/mol. The van der Waals surface area contributed by atoms with Crippen molar-refractivity contribution in [2.75, 3.05) is 20.3 Å². The molecule has 0 aliphatic carbocycles. The Kier molecular flexibility index (Phi) is 21.3. The Balaban J connectivity index is 1.92. The zero-order valence-corrected chi connectivity index (χ0v) is 41.8. The van der Waals surface area contributed by atoms with E-state index in [0.717, 1.165) is 4.72 Å². The van der Waals surface area contributed by atoms with Gasteiger partial charge < -0.3 is 63.4 Å². The van der Waals surface area contributed by atoms with E-state index in [1.807, 2.05) is 0 Å². The lowest BCUT2D eigenvalue weighted by atomic mass is 9.95. The SMILES string of the molecule is CO[C@H]1O[C@H](COS(=O)(=O)O)[C@@H](O[C@H]2O[C@@H](C(=O)O)[C@@H](O[C@H]3O[C@H](COS(=O)(=O)O)[C@@H](O[C@H]4O[C@H](C(=O)O)C[C@H](O)[C@H]4O)[C@H](OS(=O)(=O)O)[C@H]3NS(=O)(=O)O)[C@H](O)[C@H]2OS(=O)(=O)O)[C@H](OS(=O)(=O)O)[C@H]1OS(=O)(=O)O. The molecule has 4 fully saturated rings. The second-order valence-electron chi connectivity index (χ2n) is 15.0. The Labute approximate surface area is 420 Å². The number of aliphatic hydroxyl groups excluding tert-OH is 3. The Morgan fingerprint density at radius 3 is 1.35 bits per heavy atom. The van der Waals surface area contributed by atoms with Gasteiger partial charge in [-0.1, -0.05) is 0 Å². The fourth-order valence-corrected chi connectivity index (χ4v) is 10.3. The molecular formula is C25H41NO42S7. The lowest BCUT2D eigenvalue weighted by Crippen LogP contribution is -2.70. The van der Waals surface area contributed by atoms with E-state index in [2.05, 4.69) is 25.1 Å². The van der Waals surface area contributed by atoms with Gasteiger partial charge in [-0.3, -0.25) is 31.9 Å². The summed E-state index contributed by atoms with van der Waals surface area (Å²) in [5, 5.41) is 52.4. The number of ether oxygens (including phenoxy) is 8. The molecule has 50 heteroatoms. The highest BCUT2D eigenvalue weighted by Gasteiger charge is 2.60. The van der Waals surface area contributed by atoms with E-state index in [9.17, 15) is 126 Å². The summed E-state index contributed by atoms with van der Waals surface area (Å²) in [6.07, 6.45) is -51.9. The van der Waals surface area contributed by atoms with Gasteiger partial charge in [0.05, 0.1) is 19.3 Å². The summed E-state index contributed by atoms with van der Waals surface area (Å²) < 4.78 is 304. The fraction of sp³-hybridized carbons (Fsp3) is 0.920. The van der Waals surface area contributed by atoms with E-state index < -0.39 is 221 Å². The second-order valence-corrected chi connectivity index (χ2v) is 22.6. The molecule has 0 spiro atoms. The molecule has 4 aliphatic heterocycles. The number of aliphatic hydroxyl groups is 3. The molecule has 19 atom stereocenters. The van der Waals surface area contributed by atoms with Gasteiger partial charge in [-0.05, 0) is 0 Å². The third-order valence-corrected chi connectivity index (χ3v) is 13.1. The minimum atomic E-state index is -6.18. The number of hydrogen-bond acceptors (Lipinski definition) is 33. The topological polar surface area (TPSA) is 657 Å². The minimum Gasteiger partial charge on any atom is -0.479 e. The maximum Gasteiger partial charge on any atom is 0.397 e. The van der Waals surface area contributed by atoms with Crippen molar-refractivity contribution in [3.63, 3.8) is 0 Å². The highest BCUT2D eigenvalue weighted by atomic mass is 32.3. The molecule has 4 heterocycles. The third-order valence-electron chi connectivity index (χ3n) is 9.79. The normalized spacial score (nSPS) is 36.9. The largest absolute Gasteiger partial charge is 0.479 e. The molecule has 0 saturated carbocycles. The van der Waals surface area contributed by atoms with E-state index in [1.165, 1.54) is 0 Å². The van der Waals surface area contributed by atoms with Gasteiger partial charge >= 0.3 is 84.6 Å². The van der Waals surface area contributed by atoms with Gasteiger partial charge in [-0.2, -0.15) is 63.6 Å². The first-order valence-corrected chi connectivity index (χ1v) is 28.7. The van der Waals surface area contributed by atoms with Crippen molar-refractivity contribution >= 4 is 84.6 Å². The predicted octanol–water partition coefficient (Wildman–Crippen LogP) is -9.52. The molecule has 75 heavy (non-hydrogen) atoms. The molecule has 0 aromatic rings. The van der Waals surface area contributed by atoms with Crippen molar-refractivity contribution in [2.24, 2.45) is 0 Å². The first-order valence-electron chi connectivity index (χ1n) is 19.1. The maximum absolute atomic E-state index is 12.9. The summed E-state index contributed by atoms with van der Waals surface area (Å²) in [6.45, 7) is -3.53. The first kappa shape index (κ1) is 65.1. The number of carboxylic acid groups (broad SMARTS) is 2. The molecule has 0 amide bonds. The highest BCUT2D eigenvalue weighted by Crippen LogP contribution is 2.38. The van der Waals surface area contributed by atoms with Gasteiger partial charge in [0.1, 0.15) is 61.0 Å². The van der Waals surface area contributed by atoms with Crippen LogP contribution in [-0.2, 0) is 145 Å². The quantitative estimate of drug-likeness (QED) is 0.0378. The zero-order valence-electron chi connectivity index (χ0n) is 36.1. The van der Waals surface area contributed by atoms with Crippen molar-refractivity contribution in [1.82, 2.24) is 4.72 Å². The molecule has 440 valence electrons. The molecule has 0 aromatic heterocycles. The third kappa shape index (κ3) is 19.7. The summed E-state index contributed by atoms with van der Waals surface area (Å²) in [5.74, 6) is -4.39. The molecule has 4 saturated heterocycles. The van der Waals surface area contributed by atoms with Crippen LogP contribution >= 0.6 is 0 Å². The van der Waals surface area contributed by atoms with Crippen LogP contribution in [0.5, 0.6) is 0 Å². The van der Waals surface area contributed by atoms with E-state index in [-0.39, 0.29) is 0 Å². The maximum atomic E-state index is 12.9. The zero-order chi connectivity index (χ0) is 57.4. The smallest absolute Gasteiger partial charge is 0.397 e. The van der Waals surface area contributed by atoms with Crippen molar-refractivity contribution in [3.8, 4) is 0 Å². The summed E-state index contributed by atoms with van der Waals surface area (Å²) in [6, 6.07) is -3.07. The molecule has 0 aromatic carbocycles. The molecule has 0 radical (unpaired) electrons. The van der Waals surface area contributed by atoms with Crippen molar-refractivity contribution in [1.29, 1.82) is 0 Å². The number of carboxylic acids is 2. The lowest BCUT2D eigenvalue weighted by Gasteiger charge is -2.50. The molecule has 43 nitrogen and oxygen atoms in total. The number of methoxy groups -OCH3 is 1. The number of hydrogen-bond donors (Lipinski definition) is 13. The van der Waals surface area contributed by atoms with Crippen LogP contribution < -0.4 is 4.72 Å². The highest BCUT2D eigenvalue weighted by molar-refractivity contribution is 7.84. The van der Waals surface area contributed by atoms with E-state index in [0.29, 0.717) is 7.11 Å². The predicted molar refractivity (Wildman–Crippen MR) is 213 cm³/mol. The van der Waals surface area contributed by atoms with Crippen LogP contribution in [0.15, 0.2) is 0 Å². The Morgan fingerprint density at radius 1 is 0.480 bits per heavy atom.